The fourth-order valence-electron chi connectivity index (χ4n) is 3.65. The monoisotopic (exact) mass is 469 g/mol. The van der Waals surface area contributed by atoms with Crippen LogP contribution in [0.4, 0.5) is 0 Å². The quantitative estimate of drug-likeness (QED) is 0.345. The normalized spacial score (nSPS) is 15.5. The maximum Gasteiger partial charge on any atom is 0.263 e. The summed E-state index contributed by atoms with van der Waals surface area (Å²) in [6.07, 6.45) is 0.733. The van der Waals surface area contributed by atoms with Gasteiger partial charge in [-0.2, -0.15) is 0 Å². The van der Waals surface area contributed by atoms with Crippen molar-refractivity contribution in [1.29, 1.82) is 0 Å². The van der Waals surface area contributed by atoms with Crippen molar-refractivity contribution in [2.45, 2.75) is 17.6 Å². The van der Waals surface area contributed by atoms with E-state index in [1.54, 1.807) is 18.4 Å². The molecule has 0 aliphatic carbocycles. The van der Waals surface area contributed by atoms with Gasteiger partial charge in [-0.15, -0.1) is 22.7 Å². The zero-order valence-electron chi connectivity index (χ0n) is 16.7. The van der Waals surface area contributed by atoms with Gasteiger partial charge in [0.1, 0.15) is 10.6 Å². The third-order valence-electron chi connectivity index (χ3n) is 5.19. The first-order valence-corrected chi connectivity index (χ1v) is 12.5. The molecule has 9 heteroatoms. The van der Waals surface area contributed by atoms with Crippen LogP contribution in [0.5, 0.6) is 5.75 Å². The molecule has 1 N–H and O–H groups in total. The fourth-order valence-corrected chi connectivity index (χ4v) is 6.24. The third-order valence-corrected chi connectivity index (χ3v) is 7.99. The van der Waals surface area contributed by atoms with Crippen LogP contribution < -0.4 is 15.6 Å². The van der Waals surface area contributed by atoms with Crippen molar-refractivity contribution in [1.82, 2.24) is 14.9 Å². The van der Waals surface area contributed by atoms with Gasteiger partial charge in [-0.05, 0) is 17.5 Å². The first-order valence-electron chi connectivity index (χ1n) is 9.78. The minimum absolute atomic E-state index is 0.0667. The van der Waals surface area contributed by atoms with E-state index in [9.17, 15) is 9.59 Å². The summed E-state index contributed by atoms with van der Waals surface area (Å²) in [5, 5.41) is 8.25. The summed E-state index contributed by atoms with van der Waals surface area (Å²) >= 11 is 4.34. The number of nitrogens with zero attached hydrogens (tertiary/aromatic N) is 2. The van der Waals surface area contributed by atoms with Crippen LogP contribution in [0.3, 0.4) is 0 Å². The molecule has 3 aromatic heterocycles. The zero-order valence-corrected chi connectivity index (χ0v) is 19.1. The second kappa shape index (κ2) is 8.49. The predicted octanol–water partition coefficient (Wildman–Crippen LogP) is 4.46. The number of hydrogen-bond acceptors (Lipinski definition) is 7. The lowest BCUT2D eigenvalue weighted by molar-refractivity contribution is -0.119. The second-order valence-electron chi connectivity index (χ2n) is 7.15. The minimum Gasteiger partial charge on any atom is -0.493 e. The number of rotatable bonds is 5. The Bertz CT molecular complexity index is 1310. The van der Waals surface area contributed by atoms with Crippen LogP contribution in [0.25, 0.3) is 20.7 Å². The maximum atomic E-state index is 13.0. The van der Waals surface area contributed by atoms with Gasteiger partial charge in [-0.1, -0.05) is 36.0 Å². The molecule has 1 aromatic carbocycles. The average molecular weight is 470 g/mol. The molecular weight excluding hydrogens is 450 g/mol. The number of amides is 1. The number of thiophene rings is 2. The number of aromatic nitrogens is 2. The van der Waals surface area contributed by atoms with E-state index in [2.05, 4.69) is 10.3 Å². The van der Waals surface area contributed by atoms with Crippen molar-refractivity contribution in [3.8, 4) is 16.2 Å². The first kappa shape index (κ1) is 20.3. The number of carbonyl (C=O) groups excluding carboxylic acids is 1. The molecule has 0 spiro atoms. The van der Waals surface area contributed by atoms with Gasteiger partial charge in [0.15, 0.2) is 5.16 Å². The highest BCUT2D eigenvalue weighted by Crippen LogP contribution is 2.35. The minimum atomic E-state index is -0.0912. The van der Waals surface area contributed by atoms with Crippen LogP contribution in [-0.4, -0.2) is 27.8 Å². The molecule has 4 aromatic rings. The highest BCUT2D eigenvalue weighted by atomic mass is 32.2. The molecular formula is C22H19N3O3S3. The molecule has 0 bridgehead atoms. The number of fused-ring (bicyclic) bond motifs is 2. The van der Waals surface area contributed by atoms with Crippen LogP contribution in [-0.2, 0) is 11.8 Å². The molecule has 1 unspecified atom stereocenters. The van der Waals surface area contributed by atoms with Gasteiger partial charge in [-0.3, -0.25) is 14.2 Å². The lowest BCUT2D eigenvalue weighted by Crippen LogP contribution is -2.33. The molecule has 0 saturated carbocycles. The number of para-hydroxylation sites is 1. The van der Waals surface area contributed by atoms with Crippen molar-refractivity contribution in [2.24, 2.45) is 7.05 Å². The van der Waals surface area contributed by atoms with Crippen molar-refractivity contribution in [2.75, 3.05) is 12.4 Å². The first-order chi connectivity index (χ1) is 15.1. The van der Waals surface area contributed by atoms with Gasteiger partial charge in [0.25, 0.3) is 5.56 Å². The Morgan fingerprint density at radius 1 is 1.29 bits per heavy atom. The number of carbonyl (C=O) groups is 1. The highest BCUT2D eigenvalue weighted by Gasteiger charge is 2.23. The number of ether oxygens (including phenoxy) is 1. The molecule has 4 heterocycles. The summed E-state index contributed by atoms with van der Waals surface area (Å²) in [5.41, 5.74) is 1.84. The Labute approximate surface area is 190 Å². The Hall–Kier alpha value is -2.62. The Morgan fingerprint density at radius 3 is 3.00 bits per heavy atom. The van der Waals surface area contributed by atoms with E-state index in [4.69, 9.17) is 4.74 Å². The highest BCUT2D eigenvalue weighted by molar-refractivity contribution is 7.99. The Kier molecular flexibility index (Phi) is 5.56. The van der Waals surface area contributed by atoms with Gasteiger partial charge >= 0.3 is 0 Å². The summed E-state index contributed by atoms with van der Waals surface area (Å²) in [7, 11) is 1.71. The van der Waals surface area contributed by atoms with Crippen LogP contribution >= 0.6 is 34.4 Å². The Morgan fingerprint density at radius 2 is 2.16 bits per heavy atom. The molecule has 5 rings (SSSR count). The molecule has 6 nitrogen and oxygen atoms in total. The molecule has 158 valence electrons. The molecule has 1 aliphatic rings. The third kappa shape index (κ3) is 3.88. The lowest BCUT2D eigenvalue weighted by atomic mass is 10.0. The second-order valence-corrected chi connectivity index (χ2v) is 9.90. The number of thioether (sulfide) groups is 1. The van der Waals surface area contributed by atoms with Gasteiger partial charge < -0.3 is 10.1 Å². The molecule has 31 heavy (non-hydrogen) atoms. The smallest absolute Gasteiger partial charge is 0.263 e. The summed E-state index contributed by atoms with van der Waals surface area (Å²) in [6, 6.07) is 11.7. The van der Waals surface area contributed by atoms with Gasteiger partial charge in [-0.25, -0.2) is 4.98 Å². The van der Waals surface area contributed by atoms with Crippen molar-refractivity contribution in [3.63, 3.8) is 0 Å². The van der Waals surface area contributed by atoms with Crippen LogP contribution in [0.15, 0.2) is 57.1 Å². The number of nitrogens with one attached hydrogen (secondary N) is 1. The molecule has 1 atom stereocenters. The fraction of sp³-hybridized carbons (Fsp3) is 0.227. The van der Waals surface area contributed by atoms with Gasteiger partial charge in [0, 0.05) is 34.9 Å². The van der Waals surface area contributed by atoms with E-state index in [0.29, 0.717) is 22.0 Å². The van der Waals surface area contributed by atoms with Crippen molar-refractivity contribution < 1.29 is 9.53 Å². The average Bonchev–Trinajstić information content (AvgIpc) is 3.45. The van der Waals surface area contributed by atoms with E-state index < -0.39 is 0 Å². The molecule has 0 saturated heterocycles. The van der Waals surface area contributed by atoms with E-state index in [1.807, 2.05) is 47.2 Å². The SMILES string of the molecule is Cn1c(SCC(=O)NC2CCOc3ccccc32)nc2scc(-c3cccs3)c2c1=O. The summed E-state index contributed by atoms with van der Waals surface area (Å²) < 4.78 is 7.20. The van der Waals surface area contributed by atoms with Crippen molar-refractivity contribution >= 4 is 50.6 Å². The van der Waals surface area contributed by atoms with E-state index in [-0.39, 0.29) is 23.3 Å². The summed E-state index contributed by atoms with van der Waals surface area (Å²) in [4.78, 5) is 32.1. The van der Waals surface area contributed by atoms with E-state index in [0.717, 1.165) is 28.2 Å². The van der Waals surface area contributed by atoms with Crippen LogP contribution in [0, 0.1) is 0 Å². The van der Waals surface area contributed by atoms with Gasteiger partial charge in [0.05, 0.1) is 23.8 Å². The zero-order chi connectivity index (χ0) is 21.4. The molecule has 1 amide bonds. The van der Waals surface area contributed by atoms with E-state index >= 15 is 0 Å². The van der Waals surface area contributed by atoms with Gasteiger partial charge in [0.2, 0.25) is 5.91 Å². The topological polar surface area (TPSA) is 73.2 Å². The predicted molar refractivity (Wildman–Crippen MR) is 126 cm³/mol. The van der Waals surface area contributed by atoms with Crippen LogP contribution in [0.1, 0.15) is 18.0 Å². The van der Waals surface area contributed by atoms with E-state index in [1.165, 1.54) is 27.7 Å². The lowest BCUT2D eigenvalue weighted by Gasteiger charge is -2.26. The number of benzene rings is 1. The number of hydrogen-bond donors (Lipinski definition) is 1. The molecule has 1 aliphatic heterocycles. The van der Waals surface area contributed by atoms with Crippen molar-refractivity contribution in [3.05, 3.63) is 63.1 Å². The standard InChI is InChI=1S/C22H19N3O3S3/c1-25-21(27)19-14(17-7-4-10-29-17)11-30-20(19)24-22(25)31-12-18(26)23-15-8-9-28-16-6-3-2-5-13(15)16/h2-7,10-11,15H,8-9,12H2,1H3,(H,23,26). The summed E-state index contributed by atoms with van der Waals surface area (Å²) in [6.45, 7) is 0.576. The molecule has 0 radical (unpaired) electrons. The largest absolute Gasteiger partial charge is 0.493 e. The Balaban J connectivity index is 1.33. The van der Waals surface area contributed by atoms with Crippen LogP contribution in [0.2, 0.25) is 0 Å². The summed E-state index contributed by atoms with van der Waals surface area (Å²) in [5.74, 6) is 0.918. The maximum absolute atomic E-state index is 13.0. The molecule has 0 fully saturated rings.